The first-order valence-electron chi connectivity index (χ1n) is 7.22. The van der Waals surface area contributed by atoms with E-state index in [1.54, 1.807) is 0 Å². The predicted octanol–water partition coefficient (Wildman–Crippen LogP) is 2.33. The Bertz CT molecular complexity index is 920. The zero-order chi connectivity index (χ0) is 17.8. The minimum absolute atomic E-state index is 0.214. The lowest BCUT2D eigenvalue weighted by atomic mass is 10.2. The molecule has 3 N–H and O–H groups in total. The van der Waals surface area contributed by atoms with E-state index in [1.807, 2.05) is 31.2 Å². The molecule has 0 unspecified atom stereocenters. The Kier molecular flexibility index (Phi) is 5.10. The number of anilines is 1. The van der Waals surface area contributed by atoms with Gasteiger partial charge < -0.3 is 15.6 Å². The molecule has 0 radical (unpaired) electrons. The van der Waals surface area contributed by atoms with Crippen LogP contribution < -0.4 is 10.6 Å². The number of para-hydroxylation sites is 1. The van der Waals surface area contributed by atoms with Crippen molar-refractivity contribution in [1.29, 1.82) is 0 Å². The molecule has 0 spiro atoms. The van der Waals surface area contributed by atoms with E-state index in [4.69, 9.17) is 0 Å². The highest BCUT2D eigenvalue weighted by Gasteiger charge is 2.21. The van der Waals surface area contributed by atoms with Gasteiger partial charge in [0.15, 0.2) is 5.69 Å². The van der Waals surface area contributed by atoms with Gasteiger partial charge in [-0.2, -0.15) is 0 Å². The van der Waals surface area contributed by atoms with Crippen molar-refractivity contribution < 1.29 is 9.59 Å². The number of carbonyl (C=O) groups is 2. The number of amides is 2. The summed E-state index contributed by atoms with van der Waals surface area (Å²) in [6.45, 7) is 1.91. The van der Waals surface area contributed by atoms with Gasteiger partial charge in [0.1, 0.15) is 14.9 Å². The first-order chi connectivity index (χ1) is 12.1. The number of nitrogens with zero attached hydrogens (tertiary/aromatic N) is 3. The molecule has 0 saturated carbocycles. The quantitative estimate of drug-likeness (QED) is 0.632. The van der Waals surface area contributed by atoms with E-state index in [1.165, 1.54) is 25.1 Å². The molecule has 8 nitrogen and oxygen atoms in total. The molecule has 2 amide bonds. The Balaban J connectivity index is 1.81. The van der Waals surface area contributed by atoms with E-state index < -0.39 is 0 Å². The molecular weight excluding hydrogens is 360 g/mol. The first kappa shape index (κ1) is 17.1. The van der Waals surface area contributed by atoms with Crippen LogP contribution in [-0.4, -0.2) is 38.4 Å². The third-order valence-electron chi connectivity index (χ3n) is 3.31. The number of hydrogen-bond acceptors (Lipinski definition) is 7. The molecule has 3 aromatic rings. The van der Waals surface area contributed by atoms with Crippen LogP contribution in [0.3, 0.4) is 0 Å². The number of imidazole rings is 1. The first-order valence-corrected chi connectivity index (χ1v) is 8.81. The van der Waals surface area contributed by atoms with Gasteiger partial charge in [0.05, 0.1) is 6.33 Å². The molecule has 0 bridgehead atoms. The fourth-order valence-corrected chi connectivity index (χ4v) is 3.68. The number of carbonyl (C=O) groups excluding carboxylic acids is 2. The van der Waals surface area contributed by atoms with Crippen LogP contribution in [0.1, 0.15) is 26.5 Å². The van der Waals surface area contributed by atoms with Gasteiger partial charge in [-0.15, -0.1) is 5.10 Å². The number of rotatable bonds is 5. The monoisotopic (exact) mass is 374 g/mol. The highest BCUT2D eigenvalue weighted by atomic mass is 32.2. The molecule has 0 atom stereocenters. The van der Waals surface area contributed by atoms with Crippen molar-refractivity contribution in [1.82, 2.24) is 24.9 Å². The summed E-state index contributed by atoms with van der Waals surface area (Å²) in [6, 6.07) is 7.49. The second-order valence-corrected chi connectivity index (χ2v) is 6.95. The molecule has 25 heavy (non-hydrogen) atoms. The minimum Gasteiger partial charge on any atom is -0.354 e. The lowest BCUT2D eigenvalue weighted by molar-refractivity contribution is 0.0954. The summed E-state index contributed by atoms with van der Waals surface area (Å²) in [4.78, 5) is 31.4. The molecule has 3 rings (SSSR count). The van der Waals surface area contributed by atoms with Crippen LogP contribution in [0.4, 0.5) is 5.69 Å². The molecular formula is C15H14N6O2S2. The van der Waals surface area contributed by atoms with E-state index in [0.29, 0.717) is 14.9 Å². The van der Waals surface area contributed by atoms with Crippen LogP contribution >= 0.6 is 23.3 Å². The van der Waals surface area contributed by atoms with Crippen molar-refractivity contribution in [3.8, 4) is 0 Å². The van der Waals surface area contributed by atoms with Crippen molar-refractivity contribution >= 4 is 40.8 Å². The van der Waals surface area contributed by atoms with E-state index in [2.05, 4.69) is 30.2 Å². The van der Waals surface area contributed by atoms with E-state index in [9.17, 15) is 9.59 Å². The Morgan fingerprint density at radius 2 is 2.04 bits per heavy atom. The number of hydrogen-bond donors (Lipinski definition) is 3. The summed E-state index contributed by atoms with van der Waals surface area (Å²) in [6.07, 6.45) is 1.43. The minimum atomic E-state index is -0.335. The molecule has 0 aliphatic carbocycles. The molecule has 128 valence electrons. The van der Waals surface area contributed by atoms with Gasteiger partial charge in [-0.3, -0.25) is 9.59 Å². The van der Waals surface area contributed by atoms with Crippen molar-refractivity contribution in [2.45, 2.75) is 16.2 Å². The fraction of sp³-hybridized carbons (Fsp3) is 0.133. The molecule has 0 aliphatic heterocycles. The summed E-state index contributed by atoms with van der Waals surface area (Å²) < 4.78 is 4.36. The van der Waals surface area contributed by atoms with Crippen LogP contribution in [0.5, 0.6) is 0 Å². The molecule has 10 heteroatoms. The highest BCUT2D eigenvalue weighted by Crippen LogP contribution is 2.33. The van der Waals surface area contributed by atoms with Gasteiger partial charge in [-0.05, 0) is 30.1 Å². The number of aryl methyl sites for hydroxylation is 1. The van der Waals surface area contributed by atoms with Gasteiger partial charge in [-0.1, -0.05) is 34.4 Å². The molecule has 0 aliphatic rings. The predicted molar refractivity (Wildman–Crippen MR) is 95.1 cm³/mol. The van der Waals surface area contributed by atoms with Crippen molar-refractivity contribution in [2.75, 3.05) is 12.4 Å². The summed E-state index contributed by atoms with van der Waals surface area (Å²) >= 11 is 2.24. The molecule has 1 aromatic carbocycles. The van der Waals surface area contributed by atoms with Gasteiger partial charge in [0, 0.05) is 12.7 Å². The lowest BCUT2D eigenvalue weighted by Crippen LogP contribution is -2.19. The number of aromatic nitrogens is 4. The summed E-state index contributed by atoms with van der Waals surface area (Å²) in [5.74, 6) is -0.647. The van der Waals surface area contributed by atoms with Crippen molar-refractivity contribution in [3.05, 3.63) is 47.5 Å². The van der Waals surface area contributed by atoms with Crippen molar-refractivity contribution in [3.63, 3.8) is 0 Å². The Labute approximate surface area is 151 Å². The van der Waals surface area contributed by atoms with Crippen LogP contribution in [0.2, 0.25) is 0 Å². The molecule has 2 aromatic heterocycles. The van der Waals surface area contributed by atoms with Gasteiger partial charge in [0.25, 0.3) is 11.8 Å². The van der Waals surface area contributed by atoms with Crippen LogP contribution in [0.25, 0.3) is 0 Å². The molecule has 2 heterocycles. The number of aromatic amines is 1. The third kappa shape index (κ3) is 3.69. The van der Waals surface area contributed by atoms with Crippen LogP contribution in [0, 0.1) is 6.92 Å². The summed E-state index contributed by atoms with van der Waals surface area (Å²) in [5, 5.41) is 9.62. The van der Waals surface area contributed by atoms with Crippen molar-refractivity contribution in [2.24, 2.45) is 0 Å². The zero-order valence-corrected chi connectivity index (χ0v) is 15.0. The molecule has 0 fully saturated rings. The topological polar surface area (TPSA) is 113 Å². The maximum Gasteiger partial charge on any atom is 0.274 e. The highest BCUT2D eigenvalue weighted by molar-refractivity contribution is 8.01. The van der Waals surface area contributed by atoms with E-state index in [-0.39, 0.29) is 17.5 Å². The van der Waals surface area contributed by atoms with Crippen LogP contribution in [-0.2, 0) is 0 Å². The third-order valence-corrected chi connectivity index (χ3v) is 5.19. The normalized spacial score (nSPS) is 10.5. The maximum absolute atomic E-state index is 12.5. The smallest absolute Gasteiger partial charge is 0.274 e. The average molecular weight is 374 g/mol. The van der Waals surface area contributed by atoms with Gasteiger partial charge >= 0.3 is 0 Å². The Morgan fingerprint density at radius 1 is 1.24 bits per heavy atom. The average Bonchev–Trinajstić information content (AvgIpc) is 3.26. The second-order valence-electron chi connectivity index (χ2n) is 4.94. The molecule has 0 saturated heterocycles. The Hall–Kier alpha value is -2.72. The summed E-state index contributed by atoms with van der Waals surface area (Å²) in [5.41, 5.74) is 2.21. The number of benzene rings is 1. The zero-order valence-electron chi connectivity index (χ0n) is 13.4. The van der Waals surface area contributed by atoms with Gasteiger partial charge in [-0.25, -0.2) is 4.98 Å². The fourth-order valence-electron chi connectivity index (χ4n) is 2.01. The number of H-pyrrole nitrogens is 1. The van der Waals surface area contributed by atoms with Crippen LogP contribution in [0.15, 0.2) is 39.8 Å². The second kappa shape index (κ2) is 7.45. The maximum atomic E-state index is 12.5. The number of nitrogens with one attached hydrogen (secondary N) is 3. The lowest BCUT2D eigenvalue weighted by Gasteiger charge is -2.07. The SMILES string of the molecule is CNC(=O)c1nnsc1Sc1nc[nH]c1C(=O)Nc1ccccc1C. The van der Waals surface area contributed by atoms with E-state index >= 15 is 0 Å². The Morgan fingerprint density at radius 3 is 2.80 bits per heavy atom. The standard InChI is InChI=1S/C15H14N6O2S2/c1-8-5-3-4-6-9(8)19-13(23)10-14(18-7-17-10)24-15-11(12(22)16-2)20-21-25-15/h3-7H,1-2H3,(H,16,22)(H,17,18)(H,19,23). The van der Waals surface area contributed by atoms with E-state index in [0.717, 1.165) is 22.8 Å². The summed E-state index contributed by atoms with van der Waals surface area (Å²) in [7, 11) is 1.52. The largest absolute Gasteiger partial charge is 0.354 e. The van der Waals surface area contributed by atoms with Gasteiger partial charge in [0.2, 0.25) is 0 Å².